The van der Waals surface area contributed by atoms with E-state index in [1.54, 1.807) is 23.1 Å². The first-order valence-corrected chi connectivity index (χ1v) is 6.00. The lowest BCUT2D eigenvalue weighted by molar-refractivity contribution is -0.132. The lowest BCUT2D eigenvalue weighted by Gasteiger charge is -2.16. The standard InChI is InChI=1S/C13H17NO4/c15-8-10-5-6-14(7-10)13(17)9-18-12-4-2-1-3-11(12)16/h1-4,10,15-16H,5-9H2. The number of aliphatic hydroxyl groups excluding tert-OH is 1. The van der Waals surface area contributed by atoms with Gasteiger partial charge in [0.25, 0.3) is 5.91 Å². The van der Waals surface area contributed by atoms with Crippen LogP contribution in [0.1, 0.15) is 6.42 Å². The molecule has 18 heavy (non-hydrogen) atoms. The Morgan fingerprint density at radius 2 is 2.22 bits per heavy atom. The second kappa shape index (κ2) is 5.73. The number of carbonyl (C=O) groups is 1. The predicted octanol–water partition coefficient (Wildman–Crippen LogP) is 0.612. The second-order valence-corrected chi connectivity index (χ2v) is 4.43. The number of ether oxygens (including phenoxy) is 1. The number of aliphatic hydroxyl groups is 1. The zero-order valence-corrected chi connectivity index (χ0v) is 10.1. The number of hydrogen-bond donors (Lipinski definition) is 2. The third-order valence-corrected chi connectivity index (χ3v) is 3.11. The molecule has 2 rings (SSSR count). The quantitative estimate of drug-likeness (QED) is 0.822. The minimum absolute atomic E-state index is 0.0277. The maximum atomic E-state index is 11.8. The van der Waals surface area contributed by atoms with E-state index in [1.165, 1.54) is 6.07 Å². The Bertz CT molecular complexity index is 421. The summed E-state index contributed by atoms with van der Waals surface area (Å²) in [5.41, 5.74) is 0. The van der Waals surface area contributed by atoms with Gasteiger partial charge in [-0.2, -0.15) is 0 Å². The van der Waals surface area contributed by atoms with E-state index >= 15 is 0 Å². The van der Waals surface area contributed by atoms with Crippen LogP contribution in [0.4, 0.5) is 0 Å². The monoisotopic (exact) mass is 251 g/mol. The van der Waals surface area contributed by atoms with Gasteiger partial charge in [0.15, 0.2) is 18.1 Å². The highest BCUT2D eigenvalue weighted by Crippen LogP contribution is 2.24. The normalized spacial score (nSPS) is 18.9. The molecule has 1 aromatic carbocycles. The Kier molecular flexibility index (Phi) is 4.04. The first-order valence-electron chi connectivity index (χ1n) is 6.00. The van der Waals surface area contributed by atoms with Crippen molar-refractivity contribution in [2.75, 3.05) is 26.3 Å². The molecule has 0 bridgehead atoms. The van der Waals surface area contributed by atoms with Crippen LogP contribution >= 0.6 is 0 Å². The van der Waals surface area contributed by atoms with Gasteiger partial charge in [-0.3, -0.25) is 4.79 Å². The van der Waals surface area contributed by atoms with Crippen LogP contribution in [0, 0.1) is 5.92 Å². The summed E-state index contributed by atoms with van der Waals surface area (Å²) in [5.74, 6) is 0.400. The number of carbonyl (C=O) groups excluding carboxylic acids is 1. The maximum absolute atomic E-state index is 11.8. The molecule has 1 saturated heterocycles. The lowest BCUT2D eigenvalue weighted by Crippen LogP contribution is -2.33. The fourth-order valence-electron chi connectivity index (χ4n) is 2.02. The number of phenols is 1. The SMILES string of the molecule is O=C(COc1ccccc1O)N1CCC(CO)C1. The van der Waals surface area contributed by atoms with Gasteiger partial charge in [0, 0.05) is 25.6 Å². The zero-order valence-electron chi connectivity index (χ0n) is 10.1. The Hall–Kier alpha value is -1.75. The second-order valence-electron chi connectivity index (χ2n) is 4.43. The number of hydrogen-bond acceptors (Lipinski definition) is 4. The molecule has 1 fully saturated rings. The summed E-state index contributed by atoms with van der Waals surface area (Å²) in [6.07, 6.45) is 0.832. The van der Waals surface area contributed by atoms with Crippen molar-refractivity contribution in [2.24, 2.45) is 5.92 Å². The molecule has 1 amide bonds. The molecule has 5 nitrogen and oxygen atoms in total. The Balaban J connectivity index is 1.84. The number of rotatable bonds is 4. The third kappa shape index (κ3) is 2.92. The number of amides is 1. The summed E-state index contributed by atoms with van der Waals surface area (Å²) in [5, 5.41) is 18.5. The van der Waals surface area contributed by atoms with E-state index < -0.39 is 0 Å². The van der Waals surface area contributed by atoms with Gasteiger partial charge in [-0.25, -0.2) is 0 Å². The molecule has 0 aromatic heterocycles. The molecule has 1 heterocycles. The highest BCUT2D eigenvalue weighted by molar-refractivity contribution is 5.78. The highest BCUT2D eigenvalue weighted by atomic mass is 16.5. The van der Waals surface area contributed by atoms with Gasteiger partial charge >= 0.3 is 0 Å². The number of likely N-dealkylation sites (tertiary alicyclic amines) is 1. The summed E-state index contributed by atoms with van der Waals surface area (Å²) in [7, 11) is 0. The Labute approximate surface area is 106 Å². The summed E-state index contributed by atoms with van der Waals surface area (Å²) < 4.78 is 5.28. The van der Waals surface area contributed by atoms with E-state index in [2.05, 4.69) is 0 Å². The summed E-state index contributed by atoms with van der Waals surface area (Å²) >= 11 is 0. The molecule has 0 aliphatic carbocycles. The van der Waals surface area contributed by atoms with E-state index in [0.29, 0.717) is 18.8 Å². The highest BCUT2D eigenvalue weighted by Gasteiger charge is 2.25. The van der Waals surface area contributed by atoms with Gasteiger partial charge in [0.1, 0.15) is 0 Å². The molecule has 1 aromatic rings. The summed E-state index contributed by atoms with van der Waals surface area (Å²) in [4.78, 5) is 13.5. The molecule has 5 heteroatoms. The molecule has 1 unspecified atom stereocenters. The van der Waals surface area contributed by atoms with Crippen molar-refractivity contribution in [1.82, 2.24) is 4.90 Å². The van der Waals surface area contributed by atoms with Crippen LogP contribution in [0.3, 0.4) is 0 Å². The Morgan fingerprint density at radius 1 is 1.44 bits per heavy atom. The van der Waals surface area contributed by atoms with Crippen molar-refractivity contribution in [1.29, 1.82) is 0 Å². The number of aromatic hydroxyl groups is 1. The molecule has 0 radical (unpaired) electrons. The van der Waals surface area contributed by atoms with Gasteiger partial charge in [0.05, 0.1) is 0 Å². The van der Waals surface area contributed by atoms with Gasteiger partial charge in [0.2, 0.25) is 0 Å². The van der Waals surface area contributed by atoms with Crippen LogP contribution in [0.5, 0.6) is 11.5 Å². The van der Waals surface area contributed by atoms with Crippen LogP contribution in [-0.4, -0.2) is 47.3 Å². The third-order valence-electron chi connectivity index (χ3n) is 3.11. The van der Waals surface area contributed by atoms with E-state index in [9.17, 15) is 9.90 Å². The number of benzene rings is 1. The van der Waals surface area contributed by atoms with Crippen molar-refractivity contribution in [3.63, 3.8) is 0 Å². The molecular weight excluding hydrogens is 234 g/mol. The predicted molar refractivity (Wildman–Crippen MR) is 65.4 cm³/mol. The summed E-state index contributed by atoms with van der Waals surface area (Å²) in [6.45, 7) is 1.27. The number of para-hydroxylation sites is 2. The van der Waals surface area contributed by atoms with Crippen LogP contribution in [0.15, 0.2) is 24.3 Å². The van der Waals surface area contributed by atoms with E-state index in [4.69, 9.17) is 9.84 Å². The fraction of sp³-hybridized carbons (Fsp3) is 0.462. The minimum Gasteiger partial charge on any atom is -0.504 e. The van der Waals surface area contributed by atoms with E-state index in [1.807, 2.05) is 0 Å². The maximum Gasteiger partial charge on any atom is 0.260 e. The average Bonchev–Trinajstić information content (AvgIpc) is 2.86. The fourth-order valence-corrected chi connectivity index (χ4v) is 2.02. The van der Waals surface area contributed by atoms with Gasteiger partial charge < -0.3 is 19.8 Å². The molecule has 1 atom stereocenters. The van der Waals surface area contributed by atoms with Crippen molar-refractivity contribution in [3.8, 4) is 11.5 Å². The molecule has 98 valence electrons. The molecular formula is C13H17NO4. The molecule has 1 aliphatic heterocycles. The zero-order chi connectivity index (χ0) is 13.0. The van der Waals surface area contributed by atoms with E-state index in [-0.39, 0.29) is 30.8 Å². The van der Waals surface area contributed by atoms with Gasteiger partial charge in [-0.1, -0.05) is 12.1 Å². The van der Waals surface area contributed by atoms with Crippen molar-refractivity contribution in [2.45, 2.75) is 6.42 Å². The van der Waals surface area contributed by atoms with E-state index in [0.717, 1.165) is 6.42 Å². The first-order chi connectivity index (χ1) is 8.70. The number of nitrogens with zero attached hydrogens (tertiary/aromatic N) is 1. The van der Waals surface area contributed by atoms with Gasteiger partial charge in [-0.15, -0.1) is 0 Å². The van der Waals surface area contributed by atoms with Crippen LogP contribution in [0.2, 0.25) is 0 Å². The van der Waals surface area contributed by atoms with Crippen LogP contribution in [0.25, 0.3) is 0 Å². The molecule has 0 saturated carbocycles. The largest absolute Gasteiger partial charge is 0.504 e. The number of phenolic OH excluding ortho intramolecular Hbond substituents is 1. The minimum atomic E-state index is -0.116. The molecule has 0 spiro atoms. The molecule has 1 aliphatic rings. The Morgan fingerprint density at radius 3 is 2.89 bits per heavy atom. The smallest absolute Gasteiger partial charge is 0.260 e. The van der Waals surface area contributed by atoms with Crippen LogP contribution in [-0.2, 0) is 4.79 Å². The lowest BCUT2D eigenvalue weighted by atomic mass is 10.1. The van der Waals surface area contributed by atoms with Crippen LogP contribution < -0.4 is 4.74 Å². The topological polar surface area (TPSA) is 70.0 Å². The van der Waals surface area contributed by atoms with Crippen molar-refractivity contribution < 1.29 is 19.7 Å². The van der Waals surface area contributed by atoms with Gasteiger partial charge in [-0.05, 0) is 18.6 Å². The van der Waals surface area contributed by atoms with Crippen molar-refractivity contribution in [3.05, 3.63) is 24.3 Å². The van der Waals surface area contributed by atoms with Crippen molar-refractivity contribution >= 4 is 5.91 Å². The summed E-state index contributed by atoms with van der Waals surface area (Å²) in [6, 6.07) is 6.55. The molecule has 2 N–H and O–H groups in total. The first kappa shape index (κ1) is 12.7. The average molecular weight is 251 g/mol.